The minimum absolute atomic E-state index is 0.0497. The van der Waals surface area contributed by atoms with Crippen LogP contribution in [0.5, 0.6) is 0 Å². The first-order chi connectivity index (χ1) is 12.8. The highest BCUT2D eigenvalue weighted by atomic mass is 16.6. The van der Waals surface area contributed by atoms with Crippen LogP contribution in [0.3, 0.4) is 0 Å². The summed E-state index contributed by atoms with van der Waals surface area (Å²) in [4.78, 5) is 27.9. The van der Waals surface area contributed by atoms with Gasteiger partial charge in [0.25, 0.3) is 0 Å². The number of hydrogen-bond donors (Lipinski definition) is 0. The van der Waals surface area contributed by atoms with E-state index in [1.165, 1.54) is 12.7 Å². The number of carbonyl (C=O) groups is 2. The summed E-state index contributed by atoms with van der Waals surface area (Å²) in [5, 5.41) is 0. The zero-order valence-electron chi connectivity index (χ0n) is 15.8. The molecule has 0 fully saturated rings. The van der Waals surface area contributed by atoms with Crippen LogP contribution in [0, 0.1) is 0 Å². The van der Waals surface area contributed by atoms with Gasteiger partial charge < -0.3 is 9.47 Å². The van der Waals surface area contributed by atoms with Gasteiger partial charge in [0.05, 0.1) is 12.7 Å². The Kier molecular flexibility index (Phi) is 4.95. The quantitative estimate of drug-likeness (QED) is 0.608. The van der Waals surface area contributed by atoms with Gasteiger partial charge >= 0.3 is 11.9 Å². The molecule has 0 amide bonds. The van der Waals surface area contributed by atoms with Crippen LogP contribution in [0.4, 0.5) is 0 Å². The van der Waals surface area contributed by atoms with Gasteiger partial charge in [-0.05, 0) is 46.9 Å². The maximum absolute atomic E-state index is 12.1. The molecule has 5 nitrogen and oxygen atoms in total. The van der Waals surface area contributed by atoms with E-state index in [9.17, 15) is 9.59 Å². The Balaban J connectivity index is 1.83. The number of carbonyl (C=O) groups excluding carboxylic acids is 2. The Morgan fingerprint density at radius 3 is 2.22 bits per heavy atom. The summed E-state index contributed by atoms with van der Waals surface area (Å²) in [6.45, 7) is 6.42. The molecule has 2 aromatic carbocycles. The van der Waals surface area contributed by atoms with Crippen molar-refractivity contribution < 1.29 is 19.1 Å². The van der Waals surface area contributed by atoms with E-state index in [1.807, 2.05) is 24.3 Å². The molecule has 2 aromatic rings. The first-order valence-corrected chi connectivity index (χ1v) is 8.60. The molecular formula is C22H21NO4. The smallest absolute Gasteiger partial charge is 0.363 e. The summed E-state index contributed by atoms with van der Waals surface area (Å²) >= 11 is 0. The van der Waals surface area contributed by atoms with E-state index in [0.717, 1.165) is 11.1 Å². The maximum Gasteiger partial charge on any atom is 0.363 e. The van der Waals surface area contributed by atoms with E-state index >= 15 is 0 Å². The summed E-state index contributed by atoms with van der Waals surface area (Å²) in [5.74, 6) is -0.617. The molecular weight excluding hydrogens is 342 g/mol. The van der Waals surface area contributed by atoms with Crippen molar-refractivity contribution in [2.45, 2.75) is 26.2 Å². The van der Waals surface area contributed by atoms with Crippen molar-refractivity contribution in [1.82, 2.24) is 0 Å². The van der Waals surface area contributed by atoms with Crippen LogP contribution < -0.4 is 0 Å². The average molecular weight is 363 g/mol. The van der Waals surface area contributed by atoms with E-state index in [1.54, 1.807) is 30.3 Å². The molecule has 0 radical (unpaired) electrons. The Morgan fingerprint density at radius 1 is 1.04 bits per heavy atom. The minimum Gasteiger partial charge on any atom is -0.465 e. The first kappa shape index (κ1) is 18.6. The minimum atomic E-state index is -0.498. The van der Waals surface area contributed by atoms with Crippen molar-refractivity contribution in [3.63, 3.8) is 0 Å². The molecule has 1 aliphatic heterocycles. The third-order valence-electron chi connectivity index (χ3n) is 4.25. The van der Waals surface area contributed by atoms with Gasteiger partial charge in [-0.15, -0.1) is 0 Å². The number of rotatable bonds is 3. The van der Waals surface area contributed by atoms with E-state index in [0.29, 0.717) is 5.56 Å². The SMILES string of the molecule is COC(=O)c1ccc(C=C2N=C(c3ccc(C(C)(C)C)cc3)OC2=O)cc1. The number of ether oxygens (including phenoxy) is 2. The van der Waals surface area contributed by atoms with Crippen LogP contribution in [0.25, 0.3) is 6.08 Å². The molecule has 0 bridgehead atoms. The zero-order valence-corrected chi connectivity index (χ0v) is 15.8. The lowest BCUT2D eigenvalue weighted by atomic mass is 9.87. The molecule has 0 N–H and O–H groups in total. The monoisotopic (exact) mass is 363 g/mol. The number of methoxy groups -OCH3 is 1. The van der Waals surface area contributed by atoms with E-state index < -0.39 is 11.9 Å². The van der Waals surface area contributed by atoms with Crippen molar-refractivity contribution in [3.05, 3.63) is 76.5 Å². The standard InChI is InChI=1S/C22H21NO4/c1-22(2,3)17-11-9-15(10-12-17)19-23-18(21(25)27-19)13-14-5-7-16(8-6-14)20(24)26-4/h5-13H,1-4H3. The number of cyclic esters (lactones) is 1. The topological polar surface area (TPSA) is 65.0 Å². The molecule has 27 heavy (non-hydrogen) atoms. The maximum atomic E-state index is 12.1. The lowest BCUT2D eigenvalue weighted by Gasteiger charge is -2.18. The molecule has 0 unspecified atom stereocenters. The normalized spacial score (nSPS) is 15.5. The van der Waals surface area contributed by atoms with Crippen LogP contribution >= 0.6 is 0 Å². The lowest BCUT2D eigenvalue weighted by molar-refractivity contribution is -0.129. The fourth-order valence-corrected chi connectivity index (χ4v) is 2.64. The molecule has 0 saturated carbocycles. The van der Waals surface area contributed by atoms with Gasteiger partial charge in [-0.1, -0.05) is 45.0 Å². The summed E-state index contributed by atoms with van der Waals surface area (Å²) in [7, 11) is 1.33. The van der Waals surface area contributed by atoms with Gasteiger partial charge in [0.1, 0.15) is 0 Å². The lowest BCUT2D eigenvalue weighted by Crippen LogP contribution is -2.11. The molecule has 0 aromatic heterocycles. The molecule has 3 rings (SSSR count). The van der Waals surface area contributed by atoms with Crippen molar-refractivity contribution in [2.75, 3.05) is 7.11 Å². The summed E-state index contributed by atoms with van der Waals surface area (Å²) < 4.78 is 9.97. The Bertz CT molecular complexity index is 930. The van der Waals surface area contributed by atoms with Crippen molar-refractivity contribution in [2.24, 2.45) is 4.99 Å². The van der Waals surface area contributed by atoms with Crippen LogP contribution in [-0.2, 0) is 19.7 Å². The van der Waals surface area contributed by atoms with Gasteiger partial charge in [-0.2, -0.15) is 0 Å². The second kappa shape index (κ2) is 7.19. The fourth-order valence-electron chi connectivity index (χ4n) is 2.64. The first-order valence-electron chi connectivity index (χ1n) is 8.60. The number of aliphatic imine (C=N–C) groups is 1. The van der Waals surface area contributed by atoms with Gasteiger partial charge in [0, 0.05) is 5.56 Å². The highest BCUT2D eigenvalue weighted by Gasteiger charge is 2.24. The molecule has 138 valence electrons. The fraction of sp³-hybridized carbons (Fsp3) is 0.227. The Hall–Kier alpha value is -3.21. The number of hydrogen-bond acceptors (Lipinski definition) is 5. The molecule has 0 saturated heterocycles. The molecule has 1 heterocycles. The van der Waals surface area contributed by atoms with Gasteiger partial charge in [0.15, 0.2) is 5.70 Å². The van der Waals surface area contributed by atoms with Crippen LogP contribution in [0.1, 0.15) is 47.8 Å². The zero-order chi connectivity index (χ0) is 19.6. The predicted octanol–water partition coefficient (Wildman–Crippen LogP) is 4.12. The van der Waals surface area contributed by atoms with Gasteiger partial charge in [-0.3, -0.25) is 0 Å². The third kappa shape index (κ3) is 4.14. The highest BCUT2D eigenvalue weighted by molar-refractivity contribution is 6.12. The third-order valence-corrected chi connectivity index (χ3v) is 4.25. The molecule has 0 spiro atoms. The van der Waals surface area contributed by atoms with Crippen molar-refractivity contribution in [1.29, 1.82) is 0 Å². The summed E-state index contributed by atoms with van der Waals surface area (Å²) in [6.07, 6.45) is 1.62. The van der Waals surface area contributed by atoms with Crippen LogP contribution in [0.2, 0.25) is 0 Å². The molecule has 0 atom stereocenters. The largest absolute Gasteiger partial charge is 0.465 e. The molecule has 0 aliphatic carbocycles. The van der Waals surface area contributed by atoms with Crippen molar-refractivity contribution >= 4 is 23.9 Å². The number of benzene rings is 2. The van der Waals surface area contributed by atoms with E-state index in [2.05, 4.69) is 30.5 Å². The van der Waals surface area contributed by atoms with E-state index in [4.69, 9.17) is 4.74 Å². The van der Waals surface area contributed by atoms with Gasteiger partial charge in [0.2, 0.25) is 5.90 Å². The van der Waals surface area contributed by atoms with Gasteiger partial charge in [-0.25, -0.2) is 14.6 Å². The van der Waals surface area contributed by atoms with Crippen molar-refractivity contribution in [3.8, 4) is 0 Å². The number of esters is 2. The summed E-state index contributed by atoms with van der Waals surface area (Å²) in [6, 6.07) is 14.5. The van der Waals surface area contributed by atoms with Crippen LogP contribution in [0.15, 0.2) is 59.2 Å². The Labute approximate surface area is 158 Å². The molecule has 5 heteroatoms. The van der Waals surface area contributed by atoms with Crippen LogP contribution in [-0.4, -0.2) is 24.9 Å². The highest BCUT2D eigenvalue weighted by Crippen LogP contribution is 2.24. The second-order valence-electron chi connectivity index (χ2n) is 7.28. The second-order valence-corrected chi connectivity index (χ2v) is 7.28. The Morgan fingerprint density at radius 2 is 1.67 bits per heavy atom. The predicted molar refractivity (Wildman–Crippen MR) is 104 cm³/mol. The average Bonchev–Trinajstić information content (AvgIpc) is 3.01. The number of nitrogens with zero attached hydrogens (tertiary/aromatic N) is 1. The summed E-state index contributed by atoms with van der Waals surface area (Å²) in [5.41, 5.74) is 3.39. The van der Waals surface area contributed by atoms with E-state index in [-0.39, 0.29) is 17.0 Å². The molecule has 1 aliphatic rings.